The van der Waals surface area contributed by atoms with Gasteiger partial charge in [-0.1, -0.05) is 55.0 Å². The molecule has 5 rings (SSSR count). The molecule has 2 heterocycles. The van der Waals surface area contributed by atoms with Crippen molar-refractivity contribution in [1.29, 1.82) is 0 Å². The minimum atomic E-state index is -4.50. The maximum atomic E-state index is 13.7. The highest BCUT2D eigenvalue weighted by Crippen LogP contribution is 2.51. The van der Waals surface area contributed by atoms with Crippen LogP contribution in [0.3, 0.4) is 0 Å². The molecule has 242 valence electrons. The first kappa shape index (κ1) is 32.9. The van der Waals surface area contributed by atoms with Crippen molar-refractivity contribution >= 4 is 24.2 Å². The van der Waals surface area contributed by atoms with Crippen LogP contribution in [0.25, 0.3) is 17.3 Å². The first-order chi connectivity index (χ1) is 22.2. The van der Waals surface area contributed by atoms with Crippen molar-refractivity contribution in [2.75, 3.05) is 33.2 Å². The minimum absolute atomic E-state index is 0.0536. The molecule has 10 heteroatoms. The van der Waals surface area contributed by atoms with Crippen LogP contribution >= 0.6 is 0 Å². The quantitative estimate of drug-likeness (QED) is 0.112. The highest BCUT2D eigenvalue weighted by molar-refractivity contribution is 6.12. The summed E-state index contributed by atoms with van der Waals surface area (Å²) in [6.45, 7) is 1.09. The number of aromatic nitrogens is 1. The Morgan fingerprint density at radius 3 is 2.20 bits per heavy atom. The number of nitrogens with one attached hydrogen (secondary N) is 2. The first-order valence-electron chi connectivity index (χ1n) is 15.7. The van der Waals surface area contributed by atoms with E-state index in [0.29, 0.717) is 18.4 Å². The number of hydrogen-bond donors (Lipinski definition) is 2. The molecule has 0 unspecified atom stereocenters. The summed E-state index contributed by atoms with van der Waals surface area (Å²) in [6, 6.07) is 19.0. The predicted molar refractivity (Wildman–Crippen MR) is 175 cm³/mol. The number of halogens is 3. The summed E-state index contributed by atoms with van der Waals surface area (Å²) in [6.07, 6.45) is 9.78. The van der Waals surface area contributed by atoms with E-state index in [9.17, 15) is 22.8 Å². The Morgan fingerprint density at radius 2 is 1.59 bits per heavy atom. The van der Waals surface area contributed by atoms with E-state index in [0.717, 1.165) is 61.2 Å². The van der Waals surface area contributed by atoms with Gasteiger partial charge in [-0.15, -0.1) is 0 Å². The van der Waals surface area contributed by atoms with E-state index in [4.69, 9.17) is 0 Å². The lowest BCUT2D eigenvalue weighted by Crippen LogP contribution is -2.47. The van der Waals surface area contributed by atoms with Gasteiger partial charge in [-0.2, -0.15) is 13.2 Å². The van der Waals surface area contributed by atoms with E-state index in [2.05, 4.69) is 20.5 Å². The summed E-state index contributed by atoms with van der Waals surface area (Å²) in [5.41, 5.74) is 2.61. The van der Waals surface area contributed by atoms with Crippen LogP contribution in [-0.2, 0) is 15.0 Å². The third kappa shape index (κ3) is 7.67. The number of hydrogen-bond acceptors (Lipinski definition) is 4. The number of benzene rings is 2. The fraction of sp³-hybridized carbons (Fsp3) is 0.361. The van der Waals surface area contributed by atoms with Gasteiger partial charge in [0.05, 0.1) is 5.57 Å². The van der Waals surface area contributed by atoms with E-state index in [1.807, 2.05) is 89.9 Å². The average molecular weight is 632 g/mol. The normalized spacial score (nSPS) is 16.9. The summed E-state index contributed by atoms with van der Waals surface area (Å²) < 4.78 is 41.3. The smallest absolute Gasteiger partial charge is 0.349 e. The summed E-state index contributed by atoms with van der Waals surface area (Å²) >= 11 is 0. The van der Waals surface area contributed by atoms with Gasteiger partial charge in [-0.05, 0) is 78.8 Å². The summed E-state index contributed by atoms with van der Waals surface area (Å²) in [5, 5.41) is 5.35. The van der Waals surface area contributed by atoms with Gasteiger partial charge in [0.15, 0.2) is 0 Å². The SMILES string of the molecule is CN=C/C(=C\C=C\n1cccc1)C(=O)NC1CCN(CCCCC2(C(=O)NCC(F)(F)F)c3ccccc3-c3ccccc32)CC1. The summed E-state index contributed by atoms with van der Waals surface area (Å²) in [4.78, 5) is 33.0. The summed E-state index contributed by atoms with van der Waals surface area (Å²) in [7, 11) is 1.64. The molecule has 1 aliphatic heterocycles. The number of likely N-dealkylation sites (tertiary alicyclic amines) is 1. The Kier molecular flexibility index (Phi) is 10.6. The van der Waals surface area contributed by atoms with Crippen LogP contribution in [0, 0.1) is 0 Å². The lowest BCUT2D eigenvalue weighted by atomic mass is 9.73. The molecule has 2 aliphatic rings. The zero-order valence-corrected chi connectivity index (χ0v) is 26.0. The molecule has 0 atom stereocenters. The molecule has 46 heavy (non-hydrogen) atoms. The molecule has 1 saturated heterocycles. The Hall–Kier alpha value is -4.44. The molecule has 7 nitrogen and oxygen atoms in total. The van der Waals surface area contributed by atoms with Gasteiger partial charge >= 0.3 is 6.18 Å². The second-order valence-electron chi connectivity index (χ2n) is 11.8. The van der Waals surface area contributed by atoms with Crippen LogP contribution in [0.1, 0.15) is 43.2 Å². The molecule has 0 radical (unpaired) electrons. The van der Waals surface area contributed by atoms with Crippen molar-refractivity contribution in [3.8, 4) is 11.1 Å². The second kappa shape index (κ2) is 14.8. The lowest BCUT2D eigenvalue weighted by molar-refractivity contribution is -0.141. The van der Waals surface area contributed by atoms with E-state index < -0.39 is 24.0 Å². The van der Waals surface area contributed by atoms with Gasteiger partial charge in [-0.25, -0.2) is 0 Å². The fourth-order valence-electron chi connectivity index (χ4n) is 6.59. The molecule has 3 aromatic rings. The van der Waals surface area contributed by atoms with E-state index in [-0.39, 0.29) is 11.9 Å². The highest BCUT2D eigenvalue weighted by Gasteiger charge is 2.49. The topological polar surface area (TPSA) is 78.7 Å². The number of amides is 2. The molecule has 2 amide bonds. The Balaban J connectivity index is 1.16. The molecule has 1 aromatic heterocycles. The molecular weight excluding hydrogens is 591 g/mol. The third-order valence-electron chi connectivity index (χ3n) is 8.79. The van der Waals surface area contributed by atoms with Gasteiger partial charge in [0.25, 0.3) is 5.91 Å². The van der Waals surface area contributed by atoms with Crippen molar-refractivity contribution in [1.82, 2.24) is 20.1 Å². The zero-order valence-electron chi connectivity index (χ0n) is 26.0. The van der Waals surface area contributed by atoms with E-state index in [1.54, 1.807) is 19.3 Å². The van der Waals surface area contributed by atoms with Crippen molar-refractivity contribution in [3.63, 3.8) is 0 Å². The number of allylic oxidation sites excluding steroid dienone is 2. The van der Waals surface area contributed by atoms with Crippen LogP contribution in [0.5, 0.6) is 0 Å². The van der Waals surface area contributed by atoms with Gasteiger partial charge in [0, 0.05) is 51.0 Å². The van der Waals surface area contributed by atoms with Crippen LogP contribution in [0.15, 0.2) is 95.8 Å². The second-order valence-corrected chi connectivity index (χ2v) is 11.8. The number of piperidine rings is 1. The number of alkyl halides is 3. The average Bonchev–Trinajstić information content (AvgIpc) is 3.67. The van der Waals surface area contributed by atoms with Crippen LogP contribution in [0.4, 0.5) is 13.2 Å². The standard InChI is InChI=1S/C36H40F3N5O2/c1-40-25-27(11-10-22-43-20-8-9-21-43)33(45)42-28-16-23-44(24-17-28)19-7-6-18-35(34(46)41-26-36(37,38)39)31-14-4-2-12-29(31)30-13-3-5-15-32(30)35/h2-5,8-15,20-22,25,28H,6-7,16-19,23-24,26H2,1H3,(H,41,46)(H,42,45)/b22-10+,27-11+,40-25?. The van der Waals surface area contributed by atoms with Crippen LogP contribution in [0.2, 0.25) is 0 Å². The number of nitrogens with zero attached hydrogens (tertiary/aromatic N) is 3. The Labute approximate surface area is 267 Å². The van der Waals surface area contributed by atoms with Gasteiger partial charge < -0.3 is 20.1 Å². The Bertz CT molecular complexity index is 1540. The molecule has 2 N–H and O–H groups in total. The van der Waals surface area contributed by atoms with Crippen LogP contribution in [-0.4, -0.2) is 72.9 Å². The number of carbonyl (C=O) groups excluding carboxylic acids is 2. The maximum Gasteiger partial charge on any atom is 0.405 e. The Morgan fingerprint density at radius 1 is 0.957 bits per heavy atom. The van der Waals surface area contributed by atoms with Gasteiger partial charge in [0.2, 0.25) is 5.91 Å². The third-order valence-corrected chi connectivity index (χ3v) is 8.79. The molecule has 1 fully saturated rings. The molecule has 0 bridgehead atoms. The number of unbranched alkanes of at least 4 members (excludes halogenated alkanes) is 1. The van der Waals surface area contributed by atoms with Gasteiger partial charge in [-0.3, -0.25) is 14.6 Å². The predicted octanol–water partition coefficient (Wildman–Crippen LogP) is 5.98. The van der Waals surface area contributed by atoms with E-state index >= 15 is 0 Å². The highest BCUT2D eigenvalue weighted by atomic mass is 19.4. The monoisotopic (exact) mass is 631 g/mol. The van der Waals surface area contributed by atoms with Crippen molar-refractivity contribution in [3.05, 3.63) is 102 Å². The van der Waals surface area contributed by atoms with Crippen LogP contribution < -0.4 is 10.6 Å². The lowest BCUT2D eigenvalue weighted by Gasteiger charge is -2.33. The number of aliphatic imine (C=N–C) groups is 1. The molecule has 0 spiro atoms. The van der Waals surface area contributed by atoms with E-state index in [1.165, 1.54) is 0 Å². The van der Waals surface area contributed by atoms with Crippen molar-refractivity contribution in [2.24, 2.45) is 4.99 Å². The van der Waals surface area contributed by atoms with Crippen molar-refractivity contribution in [2.45, 2.75) is 49.7 Å². The van der Waals surface area contributed by atoms with Crippen molar-refractivity contribution < 1.29 is 22.8 Å². The molecular formula is C36H40F3N5O2. The summed E-state index contributed by atoms with van der Waals surface area (Å²) in [5.74, 6) is -0.770. The zero-order chi connectivity index (χ0) is 32.6. The number of fused-ring (bicyclic) bond motifs is 3. The fourth-order valence-corrected chi connectivity index (χ4v) is 6.59. The minimum Gasteiger partial charge on any atom is -0.349 e. The molecule has 0 saturated carbocycles. The molecule has 1 aliphatic carbocycles. The maximum absolute atomic E-state index is 13.7. The van der Waals surface area contributed by atoms with Gasteiger partial charge in [0.1, 0.15) is 12.0 Å². The first-order valence-corrected chi connectivity index (χ1v) is 15.7. The molecule has 2 aromatic carbocycles. The number of rotatable bonds is 12. The number of carbonyl (C=O) groups is 2. The largest absolute Gasteiger partial charge is 0.405 e.